The Kier molecular flexibility index (Phi) is 8.38. The molecule has 0 fully saturated rings. The Labute approximate surface area is 80.7 Å². The molecule has 3 nitrogen and oxygen atoms in total. The van der Waals surface area contributed by atoms with Crippen LogP contribution >= 0.6 is 22.6 Å². The third kappa shape index (κ3) is 8.06. The van der Waals surface area contributed by atoms with Crippen molar-refractivity contribution < 1.29 is 10.0 Å². The van der Waals surface area contributed by atoms with E-state index in [1.54, 1.807) is 5.48 Å². The number of carbonyl (C=O) groups is 1. The molecule has 0 spiro atoms. The van der Waals surface area contributed by atoms with Crippen LogP contribution in [0.1, 0.15) is 32.1 Å². The van der Waals surface area contributed by atoms with Crippen LogP contribution in [0, 0.1) is 0 Å². The molecule has 0 aromatic heterocycles. The van der Waals surface area contributed by atoms with Crippen molar-refractivity contribution in [3.8, 4) is 0 Å². The highest BCUT2D eigenvalue weighted by Crippen LogP contribution is 2.04. The Morgan fingerprint density at radius 1 is 1.27 bits per heavy atom. The van der Waals surface area contributed by atoms with Gasteiger partial charge in [-0.2, -0.15) is 0 Å². The molecule has 0 radical (unpaired) electrons. The average molecular weight is 271 g/mol. The second kappa shape index (κ2) is 8.26. The minimum Gasteiger partial charge on any atom is -0.289 e. The Morgan fingerprint density at radius 3 is 2.45 bits per heavy atom. The summed E-state index contributed by atoms with van der Waals surface area (Å²) in [7, 11) is 0. The highest BCUT2D eigenvalue weighted by atomic mass is 127. The lowest BCUT2D eigenvalue weighted by atomic mass is 10.1. The molecular weight excluding hydrogens is 257 g/mol. The summed E-state index contributed by atoms with van der Waals surface area (Å²) in [6, 6.07) is 0. The van der Waals surface area contributed by atoms with E-state index >= 15 is 0 Å². The van der Waals surface area contributed by atoms with E-state index < -0.39 is 0 Å². The van der Waals surface area contributed by atoms with Gasteiger partial charge in [0, 0.05) is 6.42 Å². The van der Waals surface area contributed by atoms with Crippen molar-refractivity contribution in [2.24, 2.45) is 0 Å². The highest BCUT2D eigenvalue weighted by molar-refractivity contribution is 14.1. The van der Waals surface area contributed by atoms with Crippen molar-refractivity contribution >= 4 is 28.5 Å². The summed E-state index contributed by atoms with van der Waals surface area (Å²) in [5.41, 5.74) is 1.62. The number of hydroxylamine groups is 1. The van der Waals surface area contributed by atoms with Crippen LogP contribution in [0.3, 0.4) is 0 Å². The molecule has 0 saturated carbocycles. The Balaban J connectivity index is 2.95. The van der Waals surface area contributed by atoms with Gasteiger partial charge in [0.2, 0.25) is 5.91 Å². The number of alkyl halides is 1. The first-order valence-electron chi connectivity index (χ1n) is 3.80. The SMILES string of the molecule is O=C(CCCCCCI)NO. The van der Waals surface area contributed by atoms with Crippen LogP contribution in [0.2, 0.25) is 0 Å². The third-order valence-electron chi connectivity index (χ3n) is 1.41. The van der Waals surface area contributed by atoms with E-state index in [1.807, 2.05) is 0 Å². The first-order valence-corrected chi connectivity index (χ1v) is 5.32. The molecule has 11 heavy (non-hydrogen) atoms. The van der Waals surface area contributed by atoms with Crippen molar-refractivity contribution in [3.63, 3.8) is 0 Å². The molecule has 0 aromatic carbocycles. The summed E-state index contributed by atoms with van der Waals surface area (Å²) in [6.07, 6.45) is 4.81. The molecule has 0 aliphatic heterocycles. The largest absolute Gasteiger partial charge is 0.289 e. The number of halogens is 1. The van der Waals surface area contributed by atoms with Crippen molar-refractivity contribution in [2.75, 3.05) is 4.43 Å². The van der Waals surface area contributed by atoms with E-state index in [1.165, 1.54) is 17.3 Å². The molecule has 4 heteroatoms. The van der Waals surface area contributed by atoms with E-state index in [0.29, 0.717) is 6.42 Å². The topological polar surface area (TPSA) is 49.3 Å². The fourth-order valence-corrected chi connectivity index (χ4v) is 1.33. The summed E-state index contributed by atoms with van der Waals surface area (Å²) in [5, 5.41) is 8.14. The Hall–Kier alpha value is 0.160. The number of hydrogen-bond donors (Lipinski definition) is 2. The van der Waals surface area contributed by atoms with Gasteiger partial charge in [0.15, 0.2) is 0 Å². The fraction of sp³-hybridized carbons (Fsp3) is 0.857. The Morgan fingerprint density at radius 2 is 1.91 bits per heavy atom. The maximum atomic E-state index is 10.5. The second-order valence-electron chi connectivity index (χ2n) is 2.39. The lowest BCUT2D eigenvalue weighted by Gasteiger charge is -1.97. The molecular formula is C7H14INO2. The predicted octanol–water partition coefficient (Wildman–Crippen LogP) is 1.88. The van der Waals surface area contributed by atoms with Crippen LogP contribution in [0.5, 0.6) is 0 Å². The van der Waals surface area contributed by atoms with Gasteiger partial charge in [0.1, 0.15) is 0 Å². The number of amides is 1. The average Bonchev–Trinajstić information content (AvgIpc) is 2.04. The fourth-order valence-electron chi connectivity index (χ4n) is 0.790. The highest BCUT2D eigenvalue weighted by Gasteiger charge is 1.97. The van der Waals surface area contributed by atoms with Crippen molar-refractivity contribution in [1.82, 2.24) is 5.48 Å². The van der Waals surface area contributed by atoms with Crippen LogP contribution in [0.4, 0.5) is 0 Å². The second-order valence-corrected chi connectivity index (χ2v) is 3.47. The normalized spacial score (nSPS) is 9.64. The Bertz CT molecular complexity index is 109. The molecule has 66 valence electrons. The minimum absolute atomic E-state index is 0.278. The third-order valence-corrected chi connectivity index (χ3v) is 2.17. The summed E-state index contributed by atoms with van der Waals surface area (Å²) in [4.78, 5) is 10.5. The molecule has 0 rings (SSSR count). The lowest BCUT2D eigenvalue weighted by Crippen LogP contribution is -2.17. The monoisotopic (exact) mass is 271 g/mol. The van der Waals surface area contributed by atoms with Gasteiger partial charge in [-0.25, -0.2) is 5.48 Å². The number of rotatable bonds is 6. The van der Waals surface area contributed by atoms with Gasteiger partial charge in [-0.3, -0.25) is 10.0 Å². The van der Waals surface area contributed by atoms with E-state index in [9.17, 15) is 4.79 Å². The van der Waals surface area contributed by atoms with Crippen LogP contribution < -0.4 is 5.48 Å². The maximum absolute atomic E-state index is 10.5. The molecule has 2 N–H and O–H groups in total. The van der Waals surface area contributed by atoms with Gasteiger partial charge in [-0.15, -0.1) is 0 Å². The first-order chi connectivity index (χ1) is 5.31. The van der Waals surface area contributed by atoms with Crippen LogP contribution in [-0.2, 0) is 4.79 Å². The molecule has 1 amide bonds. The van der Waals surface area contributed by atoms with E-state index in [-0.39, 0.29) is 5.91 Å². The van der Waals surface area contributed by atoms with E-state index in [4.69, 9.17) is 5.21 Å². The molecule has 0 aliphatic rings. The van der Waals surface area contributed by atoms with Crippen LogP contribution in [0.25, 0.3) is 0 Å². The van der Waals surface area contributed by atoms with Gasteiger partial charge in [-0.1, -0.05) is 35.4 Å². The number of carbonyl (C=O) groups excluding carboxylic acids is 1. The number of unbranched alkanes of at least 4 members (excludes halogenated alkanes) is 3. The maximum Gasteiger partial charge on any atom is 0.243 e. The predicted molar refractivity (Wildman–Crippen MR) is 51.9 cm³/mol. The quantitative estimate of drug-likeness (QED) is 0.255. The molecule has 0 heterocycles. The number of hydrogen-bond acceptors (Lipinski definition) is 2. The minimum atomic E-state index is -0.278. The standard InChI is InChI=1S/C7H14INO2/c8-6-4-2-1-3-5-7(10)9-11/h11H,1-6H2,(H,9,10). The van der Waals surface area contributed by atoms with Gasteiger partial charge in [0.25, 0.3) is 0 Å². The molecule has 0 saturated heterocycles. The molecule has 0 aromatic rings. The van der Waals surface area contributed by atoms with Crippen molar-refractivity contribution in [1.29, 1.82) is 0 Å². The zero-order valence-corrected chi connectivity index (χ0v) is 8.63. The van der Waals surface area contributed by atoms with E-state index in [0.717, 1.165) is 12.8 Å². The molecule has 0 bridgehead atoms. The van der Waals surface area contributed by atoms with Gasteiger partial charge < -0.3 is 0 Å². The molecule has 0 unspecified atom stereocenters. The number of nitrogens with one attached hydrogen (secondary N) is 1. The van der Waals surface area contributed by atoms with Crippen molar-refractivity contribution in [2.45, 2.75) is 32.1 Å². The zero-order valence-electron chi connectivity index (χ0n) is 6.48. The lowest BCUT2D eigenvalue weighted by molar-refractivity contribution is -0.129. The summed E-state index contributed by atoms with van der Waals surface area (Å²) >= 11 is 2.34. The summed E-state index contributed by atoms with van der Waals surface area (Å²) in [6.45, 7) is 0. The van der Waals surface area contributed by atoms with Crippen molar-refractivity contribution in [3.05, 3.63) is 0 Å². The van der Waals surface area contributed by atoms with Gasteiger partial charge >= 0.3 is 0 Å². The zero-order chi connectivity index (χ0) is 8.53. The summed E-state index contributed by atoms with van der Waals surface area (Å²) in [5.74, 6) is -0.278. The summed E-state index contributed by atoms with van der Waals surface area (Å²) < 4.78 is 1.18. The molecule has 0 aliphatic carbocycles. The smallest absolute Gasteiger partial charge is 0.243 e. The molecule has 0 atom stereocenters. The van der Waals surface area contributed by atoms with E-state index in [2.05, 4.69) is 22.6 Å². The first kappa shape index (κ1) is 11.2. The van der Waals surface area contributed by atoms with Gasteiger partial charge in [0.05, 0.1) is 0 Å². The van der Waals surface area contributed by atoms with Crippen LogP contribution in [0.15, 0.2) is 0 Å². The van der Waals surface area contributed by atoms with Crippen LogP contribution in [-0.4, -0.2) is 15.5 Å². The van der Waals surface area contributed by atoms with Gasteiger partial charge in [-0.05, 0) is 17.3 Å².